The van der Waals surface area contributed by atoms with E-state index in [-0.39, 0.29) is 18.4 Å². The van der Waals surface area contributed by atoms with E-state index in [9.17, 15) is 14.7 Å². The molecule has 0 aromatic heterocycles. The molecule has 4 fully saturated rings. The van der Waals surface area contributed by atoms with Crippen molar-refractivity contribution in [3.63, 3.8) is 0 Å². The summed E-state index contributed by atoms with van der Waals surface area (Å²) in [6.07, 6.45) is 15.0. The van der Waals surface area contributed by atoms with Crippen molar-refractivity contribution in [1.82, 2.24) is 4.90 Å². The molecule has 2 saturated carbocycles. The second-order valence-corrected chi connectivity index (χ2v) is 11.2. The lowest BCUT2D eigenvalue weighted by Gasteiger charge is -2.56. The smallest absolute Gasteiger partial charge is 0.303 e. The molecule has 5 rings (SSSR count). The summed E-state index contributed by atoms with van der Waals surface area (Å²) in [5.74, 6) is 1.17. The molecule has 1 aromatic rings. The Kier molecular flexibility index (Phi) is 6.78. The number of carbonyl (C=O) groups is 2. The molecular formula is C28H40N2O3. The number of carboxylic acid groups (broad SMARTS) is 1. The molecule has 0 spiro atoms. The van der Waals surface area contributed by atoms with Crippen LogP contribution in [-0.4, -0.2) is 46.1 Å². The van der Waals surface area contributed by atoms with Crippen molar-refractivity contribution >= 4 is 17.6 Å². The van der Waals surface area contributed by atoms with Crippen LogP contribution in [0, 0.1) is 11.8 Å². The third-order valence-electron chi connectivity index (χ3n) is 9.09. The van der Waals surface area contributed by atoms with Crippen LogP contribution in [0.25, 0.3) is 0 Å². The zero-order valence-corrected chi connectivity index (χ0v) is 20.1. The SMILES string of the molecule is CC(=O)N(c1ccccc1CCC(=O)O)C1C[C@H]2CCC[C@@H](C1)N2C1C[C@H]2CCC[C@@H](C1)C2. The monoisotopic (exact) mass is 452 g/mol. The van der Waals surface area contributed by atoms with Gasteiger partial charge in [-0.2, -0.15) is 0 Å². The van der Waals surface area contributed by atoms with E-state index in [1.54, 1.807) is 6.92 Å². The van der Waals surface area contributed by atoms with Crippen molar-refractivity contribution in [2.75, 3.05) is 4.90 Å². The van der Waals surface area contributed by atoms with E-state index >= 15 is 0 Å². The number of para-hydroxylation sites is 1. The highest BCUT2D eigenvalue weighted by atomic mass is 16.4. The van der Waals surface area contributed by atoms with Gasteiger partial charge in [0.05, 0.1) is 0 Å². The van der Waals surface area contributed by atoms with Crippen molar-refractivity contribution in [3.8, 4) is 0 Å². The minimum atomic E-state index is -0.792. The van der Waals surface area contributed by atoms with E-state index in [2.05, 4.69) is 4.90 Å². The Hall–Kier alpha value is -1.88. The molecule has 1 N–H and O–H groups in total. The summed E-state index contributed by atoms with van der Waals surface area (Å²) in [5, 5.41) is 9.20. The molecule has 2 aliphatic carbocycles. The van der Waals surface area contributed by atoms with Crippen LogP contribution in [0.5, 0.6) is 0 Å². The van der Waals surface area contributed by atoms with Gasteiger partial charge in [0.15, 0.2) is 0 Å². The lowest BCUT2D eigenvalue weighted by Crippen LogP contribution is -2.61. The number of hydrogen-bond donors (Lipinski definition) is 1. The molecule has 6 atom stereocenters. The fourth-order valence-corrected chi connectivity index (χ4v) is 7.96. The van der Waals surface area contributed by atoms with Crippen molar-refractivity contribution in [3.05, 3.63) is 29.8 Å². The van der Waals surface area contributed by atoms with Gasteiger partial charge in [0.2, 0.25) is 5.91 Å². The molecule has 2 unspecified atom stereocenters. The number of hydrogen-bond acceptors (Lipinski definition) is 3. The lowest BCUT2D eigenvalue weighted by molar-refractivity contribution is -0.137. The van der Waals surface area contributed by atoms with Gasteiger partial charge in [0.1, 0.15) is 0 Å². The predicted octanol–water partition coefficient (Wildman–Crippen LogP) is 5.41. The summed E-state index contributed by atoms with van der Waals surface area (Å²) in [5.41, 5.74) is 1.90. The van der Waals surface area contributed by atoms with E-state index in [0.29, 0.717) is 18.5 Å². The van der Waals surface area contributed by atoms with E-state index < -0.39 is 5.97 Å². The van der Waals surface area contributed by atoms with Gasteiger partial charge in [0, 0.05) is 43.2 Å². The standard InChI is InChI=1S/C28H40N2O3/c1-19(31)29(27-11-3-2-8-22(27)12-13-28(32)33)26-17-23-9-5-10-24(18-26)30(23)25-15-20-6-4-7-21(14-20)16-25/h2-3,8,11,20-21,23-26H,4-7,9-10,12-18H2,1H3,(H,32,33)/t20-,21+,23-,24+,25?,26?. The van der Waals surface area contributed by atoms with Crippen LogP contribution in [0.4, 0.5) is 5.69 Å². The third kappa shape index (κ3) is 4.84. The minimum absolute atomic E-state index is 0.0847. The number of aliphatic carboxylic acids is 1. The largest absolute Gasteiger partial charge is 0.481 e. The molecule has 2 saturated heterocycles. The first-order valence-electron chi connectivity index (χ1n) is 13.4. The molecule has 4 aliphatic rings. The van der Waals surface area contributed by atoms with Crippen LogP contribution >= 0.6 is 0 Å². The first kappa shape index (κ1) is 22.9. The second-order valence-electron chi connectivity index (χ2n) is 11.2. The molecule has 5 nitrogen and oxygen atoms in total. The number of amides is 1. The zero-order chi connectivity index (χ0) is 22.9. The highest BCUT2D eigenvalue weighted by Gasteiger charge is 2.46. The highest BCUT2D eigenvalue weighted by molar-refractivity contribution is 5.93. The number of fused-ring (bicyclic) bond motifs is 4. The predicted molar refractivity (Wildman–Crippen MR) is 130 cm³/mol. The fourth-order valence-electron chi connectivity index (χ4n) is 7.96. The molecule has 1 amide bonds. The summed E-state index contributed by atoms with van der Waals surface area (Å²) in [7, 11) is 0. The number of nitrogens with zero attached hydrogens (tertiary/aromatic N) is 2. The fraction of sp³-hybridized carbons (Fsp3) is 0.714. The molecule has 1 aromatic carbocycles. The number of benzene rings is 1. The van der Waals surface area contributed by atoms with Crippen LogP contribution in [-0.2, 0) is 16.0 Å². The maximum atomic E-state index is 13.0. The summed E-state index contributed by atoms with van der Waals surface area (Å²) in [4.78, 5) is 29.1. The Morgan fingerprint density at radius 1 is 0.909 bits per heavy atom. The zero-order valence-electron chi connectivity index (χ0n) is 20.1. The topological polar surface area (TPSA) is 60.9 Å². The number of anilines is 1. The van der Waals surface area contributed by atoms with Gasteiger partial charge in [0.25, 0.3) is 0 Å². The quantitative estimate of drug-likeness (QED) is 0.627. The lowest BCUT2D eigenvalue weighted by atomic mass is 9.68. The Bertz CT molecular complexity index is 844. The number of rotatable bonds is 6. The molecule has 180 valence electrons. The van der Waals surface area contributed by atoms with Gasteiger partial charge >= 0.3 is 5.97 Å². The van der Waals surface area contributed by atoms with Gasteiger partial charge < -0.3 is 10.0 Å². The van der Waals surface area contributed by atoms with E-state index in [0.717, 1.165) is 42.0 Å². The van der Waals surface area contributed by atoms with Crippen molar-refractivity contribution < 1.29 is 14.7 Å². The van der Waals surface area contributed by atoms with E-state index in [1.807, 2.05) is 29.2 Å². The molecule has 33 heavy (non-hydrogen) atoms. The van der Waals surface area contributed by atoms with Crippen LogP contribution in [0.1, 0.15) is 89.5 Å². The van der Waals surface area contributed by atoms with Crippen molar-refractivity contribution in [2.45, 2.75) is 115 Å². The Labute approximate surface area is 198 Å². The molecular weight excluding hydrogens is 412 g/mol. The van der Waals surface area contributed by atoms with Gasteiger partial charge in [-0.05, 0) is 74.8 Å². The van der Waals surface area contributed by atoms with Gasteiger partial charge in [-0.15, -0.1) is 0 Å². The summed E-state index contributed by atoms with van der Waals surface area (Å²) >= 11 is 0. The van der Waals surface area contributed by atoms with Crippen LogP contribution in [0.15, 0.2) is 24.3 Å². The van der Waals surface area contributed by atoms with Gasteiger partial charge in [-0.1, -0.05) is 43.9 Å². The Morgan fingerprint density at radius 2 is 1.55 bits per heavy atom. The highest BCUT2D eigenvalue weighted by Crippen LogP contribution is 2.46. The van der Waals surface area contributed by atoms with Crippen LogP contribution in [0.3, 0.4) is 0 Å². The molecule has 0 radical (unpaired) electrons. The Morgan fingerprint density at radius 3 is 2.18 bits per heavy atom. The first-order valence-corrected chi connectivity index (χ1v) is 13.4. The maximum absolute atomic E-state index is 13.0. The van der Waals surface area contributed by atoms with E-state index in [4.69, 9.17) is 0 Å². The first-order chi connectivity index (χ1) is 16.0. The number of piperidine rings is 2. The number of carbonyl (C=O) groups excluding carboxylic acids is 1. The molecule has 2 aliphatic heterocycles. The van der Waals surface area contributed by atoms with Crippen molar-refractivity contribution in [1.29, 1.82) is 0 Å². The van der Waals surface area contributed by atoms with E-state index in [1.165, 1.54) is 57.8 Å². The second kappa shape index (κ2) is 9.77. The third-order valence-corrected chi connectivity index (χ3v) is 9.09. The average molecular weight is 453 g/mol. The Balaban J connectivity index is 1.36. The van der Waals surface area contributed by atoms with Crippen LogP contribution < -0.4 is 4.90 Å². The summed E-state index contributed by atoms with van der Waals surface area (Å²) in [6, 6.07) is 10.1. The van der Waals surface area contributed by atoms with Crippen molar-refractivity contribution in [2.24, 2.45) is 11.8 Å². The number of aryl methyl sites for hydroxylation is 1. The summed E-state index contributed by atoms with van der Waals surface area (Å²) in [6.45, 7) is 1.68. The molecule has 2 heterocycles. The van der Waals surface area contributed by atoms with Crippen LogP contribution in [0.2, 0.25) is 0 Å². The normalized spacial score (nSPS) is 34.0. The van der Waals surface area contributed by atoms with Gasteiger partial charge in [-0.3, -0.25) is 14.5 Å². The summed E-state index contributed by atoms with van der Waals surface area (Å²) < 4.78 is 0. The molecule has 4 bridgehead atoms. The average Bonchev–Trinajstić information content (AvgIpc) is 2.77. The number of carboxylic acids is 1. The molecule has 5 heteroatoms. The minimum Gasteiger partial charge on any atom is -0.481 e. The van der Waals surface area contributed by atoms with Gasteiger partial charge in [-0.25, -0.2) is 0 Å². The maximum Gasteiger partial charge on any atom is 0.303 e.